The Hall–Kier alpha value is -0.730. The van der Waals surface area contributed by atoms with Gasteiger partial charge in [0.15, 0.2) is 0 Å². The van der Waals surface area contributed by atoms with Gasteiger partial charge in [-0.2, -0.15) is 0 Å². The minimum Gasteiger partial charge on any atom is -0.396 e. The fourth-order valence-corrected chi connectivity index (χ4v) is 5.71. The molecule has 0 aliphatic rings. The summed E-state index contributed by atoms with van der Waals surface area (Å²) < 4.78 is 28.1. The van der Waals surface area contributed by atoms with Gasteiger partial charge in [0.1, 0.15) is 4.21 Å². The van der Waals surface area contributed by atoms with E-state index in [1.807, 2.05) is 31.4 Å². The molecule has 0 saturated carbocycles. The molecule has 0 aliphatic heterocycles. The van der Waals surface area contributed by atoms with Crippen molar-refractivity contribution in [2.24, 2.45) is 5.92 Å². The molecule has 0 saturated heterocycles. The van der Waals surface area contributed by atoms with E-state index < -0.39 is 10.0 Å². The highest BCUT2D eigenvalue weighted by atomic mass is 32.2. The molecule has 2 rings (SSSR count). The standard InChI is InChI=1S/C14H19NO3S3/c1-10(2)14(12-4-3-9-19-12)15-21(17,18)13-6-5-11(20-13)7-8-16/h3-6,9-10,14-16H,7-8H2,1-2H3. The van der Waals surface area contributed by atoms with Crippen LogP contribution in [0.4, 0.5) is 0 Å². The first-order valence-electron chi connectivity index (χ1n) is 6.69. The van der Waals surface area contributed by atoms with E-state index in [0.29, 0.717) is 10.6 Å². The smallest absolute Gasteiger partial charge is 0.250 e. The normalized spacial score (nSPS) is 13.7. The predicted octanol–water partition coefficient (Wildman–Crippen LogP) is 3.02. The number of hydrogen-bond acceptors (Lipinski definition) is 5. The molecule has 0 amide bonds. The van der Waals surface area contributed by atoms with Gasteiger partial charge in [0.25, 0.3) is 10.0 Å². The topological polar surface area (TPSA) is 66.4 Å². The second kappa shape index (κ2) is 7.02. The van der Waals surface area contributed by atoms with Crippen molar-refractivity contribution in [3.63, 3.8) is 0 Å². The molecule has 116 valence electrons. The number of aliphatic hydroxyl groups excluding tert-OH is 1. The molecular formula is C14H19NO3S3. The minimum atomic E-state index is -3.53. The third kappa shape index (κ3) is 4.14. The fraction of sp³-hybridized carbons (Fsp3) is 0.429. The van der Waals surface area contributed by atoms with E-state index in [1.165, 1.54) is 11.3 Å². The van der Waals surface area contributed by atoms with Gasteiger partial charge >= 0.3 is 0 Å². The first-order valence-corrected chi connectivity index (χ1v) is 9.87. The summed E-state index contributed by atoms with van der Waals surface area (Å²) in [6, 6.07) is 7.00. The average Bonchev–Trinajstić information content (AvgIpc) is 3.07. The van der Waals surface area contributed by atoms with Crippen molar-refractivity contribution in [3.8, 4) is 0 Å². The molecule has 2 heterocycles. The maximum Gasteiger partial charge on any atom is 0.250 e. The van der Waals surface area contributed by atoms with Gasteiger partial charge in [0.05, 0.1) is 6.04 Å². The number of thiophene rings is 2. The van der Waals surface area contributed by atoms with Crippen LogP contribution >= 0.6 is 22.7 Å². The van der Waals surface area contributed by atoms with Gasteiger partial charge in [-0.05, 0) is 29.5 Å². The summed E-state index contributed by atoms with van der Waals surface area (Å²) in [4.78, 5) is 1.89. The van der Waals surface area contributed by atoms with Crippen molar-refractivity contribution >= 4 is 32.7 Å². The molecule has 4 nitrogen and oxygen atoms in total. The Morgan fingerprint density at radius 3 is 2.62 bits per heavy atom. The first kappa shape index (κ1) is 16.6. The number of sulfonamides is 1. The highest BCUT2D eigenvalue weighted by Gasteiger charge is 2.25. The van der Waals surface area contributed by atoms with Crippen LogP contribution in [0.15, 0.2) is 33.9 Å². The van der Waals surface area contributed by atoms with Crippen LogP contribution in [0.25, 0.3) is 0 Å². The molecule has 7 heteroatoms. The molecule has 21 heavy (non-hydrogen) atoms. The summed E-state index contributed by atoms with van der Waals surface area (Å²) in [6.45, 7) is 4.02. The summed E-state index contributed by atoms with van der Waals surface area (Å²) in [5.74, 6) is 0.162. The van der Waals surface area contributed by atoms with E-state index in [2.05, 4.69) is 4.72 Å². The lowest BCUT2D eigenvalue weighted by molar-refractivity contribution is 0.300. The molecule has 0 spiro atoms. The monoisotopic (exact) mass is 345 g/mol. The maximum absolute atomic E-state index is 12.5. The number of hydrogen-bond donors (Lipinski definition) is 2. The zero-order chi connectivity index (χ0) is 15.5. The molecule has 0 aliphatic carbocycles. The molecular weight excluding hydrogens is 326 g/mol. The second-order valence-electron chi connectivity index (χ2n) is 5.05. The highest BCUT2D eigenvalue weighted by molar-refractivity contribution is 7.91. The van der Waals surface area contributed by atoms with Gasteiger partial charge in [0.2, 0.25) is 0 Å². The van der Waals surface area contributed by atoms with E-state index in [0.717, 1.165) is 9.75 Å². The van der Waals surface area contributed by atoms with Gasteiger partial charge in [0, 0.05) is 22.8 Å². The van der Waals surface area contributed by atoms with Crippen LogP contribution in [-0.2, 0) is 16.4 Å². The van der Waals surface area contributed by atoms with Crippen molar-refractivity contribution in [1.82, 2.24) is 4.72 Å². The lowest BCUT2D eigenvalue weighted by atomic mass is 10.0. The van der Waals surface area contributed by atoms with Crippen molar-refractivity contribution in [3.05, 3.63) is 39.4 Å². The van der Waals surface area contributed by atoms with Crippen molar-refractivity contribution in [2.75, 3.05) is 6.61 Å². The van der Waals surface area contributed by atoms with Crippen LogP contribution in [0.5, 0.6) is 0 Å². The largest absolute Gasteiger partial charge is 0.396 e. The molecule has 1 unspecified atom stereocenters. The Morgan fingerprint density at radius 2 is 2.05 bits per heavy atom. The van der Waals surface area contributed by atoms with Gasteiger partial charge in [-0.25, -0.2) is 13.1 Å². The van der Waals surface area contributed by atoms with Crippen LogP contribution in [0.3, 0.4) is 0 Å². The van der Waals surface area contributed by atoms with Gasteiger partial charge in [-0.1, -0.05) is 19.9 Å². The van der Waals surface area contributed by atoms with Crippen molar-refractivity contribution < 1.29 is 13.5 Å². The van der Waals surface area contributed by atoms with Crippen LogP contribution < -0.4 is 4.72 Å². The van der Waals surface area contributed by atoms with E-state index in [1.54, 1.807) is 23.5 Å². The van der Waals surface area contributed by atoms with Gasteiger partial charge in [-0.3, -0.25) is 0 Å². The zero-order valence-electron chi connectivity index (χ0n) is 11.9. The Balaban J connectivity index is 2.22. The highest BCUT2D eigenvalue weighted by Crippen LogP contribution is 2.29. The van der Waals surface area contributed by atoms with E-state index in [-0.39, 0.29) is 18.6 Å². The SMILES string of the molecule is CC(C)C(NS(=O)(=O)c1ccc(CCO)s1)c1cccs1. The Kier molecular flexibility index (Phi) is 5.56. The third-order valence-corrected chi connectivity index (χ3v) is 7.09. The molecule has 0 aromatic carbocycles. The van der Waals surface area contributed by atoms with E-state index >= 15 is 0 Å². The lowest BCUT2D eigenvalue weighted by Gasteiger charge is -2.20. The zero-order valence-corrected chi connectivity index (χ0v) is 14.4. The minimum absolute atomic E-state index is 0.0250. The third-order valence-electron chi connectivity index (χ3n) is 3.06. The van der Waals surface area contributed by atoms with Crippen molar-refractivity contribution in [1.29, 1.82) is 0 Å². The summed E-state index contributed by atoms with van der Waals surface area (Å²) in [5, 5.41) is 10.9. The Morgan fingerprint density at radius 1 is 1.29 bits per heavy atom. The molecule has 1 atom stereocenters. The van der Waals surface area contributed by atoms with Gasteiger partial charge in [-0.15, -0.1) is 22.7 Å². The molecule has 2 N–H and O–H groups in total. The fourth-order valence-electron chi connectivity index (χ4n) is 1.96. The molecule has 0 bridgehead atoms. The van der Waals surface area contributed by atoms with Crippen LogP contribution in [0, 0.1) is 5.92 Å². The summed E-state index contributed by atoms with van der Waals surface area (Å²) >= 11 is 2.76. The van der Waals surface area contributed by atoms with E-state index in [9.17, 15) is 8.42 Å². The van der Waals surface area contributed by atoms with Crippen LogP contribution in [0.1, 0.15) is 29.6 Å². The molecule has 0 fully saturated rings. The van der Waals surface area contributed by atoms with Crippen molar-refractivity contribution in [2.45, 2.75) is 30.5 Å². The first-order chi connectivity index (χ1) is 9.94. The number of aliphatic hydroxyl groups is 1. The second-order valence-corrected chi connectivity index (χ2v) is 9.14. The average molecular weight is 346 g/mol. The predicted molar refractivity (Wildman–Crippen MR) is 87.3 cm³/mol. The molecule has 0 radical (unpaired) electrons. The Labute approximate surface area is 133 Å². The summed E-state index contributed by atoms with van der Waals surface area (Å²) in [7, 11) is -3.53. The van der Waals surface area contributed by atoms with Gasteiger partial charge < -0.3 is 5.11 Å². The Bertz CT molecular complexity index is 659. The summed E-state index contributed by atoms with van der Waals surface area (Å²) in [6.07, 6.45) is 0.485. The number of rotatable bonds is 7. The van der Waals surface area contributed by atoms with Crippen LogP contribution in [-0.4, -0.2) is 20.1 Å². The quantitative estimate of drug-likeness (QED) is 0.810. The molecule has 2 aromatic rings. The van der Waals surface area contributed by atoms with Crippen LogP contribution in [0.2, 0.25) is 0 Å². The number of nitrogens with one attached hydrogen (secondary N) is 1. The maximum atomic E-state index is 12.5. The van der Waals surface area contributed by atoms with E-state index in [4.69, 9.17) is 5.11 Å². The molecule has 2 aromatic heterocycles. The lowest BCUT2D eigenvalue weighted by Crippen LogP contribution is -2.30. The summed E-state index contributed by atoms with van der Waals surface area (Å²) in [5.41, 5.74) is 0.